The molecule has 150 valence electrons. The Morgan fingerprint density at radius 3 is 2.59 bits per heavy atom. The number of aromatic amines is 1. The van der Waals surface area contributed by atoms with Crippen molar-refractivity contribution in [2.24, 2.45) is 0 Å². The van der Waals surface area contributed by atoms with E-state index in [1.165, 1.54) is 19.1 Å². The van der Waals surface area contributed by atoms with Gasteiger partial charge in [-0.05, 0) is 43.7 Å². The molecule has 0 saturated carbocycles. The lowest BCUT2D eigenvalue weighted by Gasteiger charge is -2.15. The zero-order valence-corrected chi connectivity index (χ0v) is 16.4. The number of esters is 1. The maximum atomic E-state index is 12.4. The minimum absolute atomic E-state index is 0.186. The van der Waals surface area contributed by atoms with Gasteiger partial charge in [0, 0.05) is 10.7 Å². The van der Waals surface area contributed by atoms with Crippen LogP contribution in [0.4, 0.5) is 5.69 Å². The summed E-state index contributed by atoms with van der Waals surface area (Å²) in [6, 6.07) is 11.3. The van der Waals surface area contributed by atoms with E-state index in [0.29, 0.717) is 10.7 Å². The van der Waals surface area contributed by atoms with Crippen molar-refractivity contribution >= 4 is 39.9 Å². The highest BCUT2D eigenvalue weighted by atomic mass is 35.5. The number of hydrogen-bond donors (Lipinski definition) is 2. The van der Waals surface area contributed by atoms with Crippen LogP contribution in [0.25, 0.3) is 10.8 Å². The maximum absolute atomic E-state index is 12.4. The van der Waals surface area contributed by atoms with E-state index in [0.717, 1.165) is 10.2 Å². The van der Waals surface area contributed by atoms with E-state index in [-0.39, 0.29) is 10.8 Å². The van der Waals surface area contributed by atoms with Crippen molar-refractivity contribution in [2.75, 3.05) is 5.32 Å². The molecule has 0 fully saturated rings. The highest BCUT2D eigenvalue weighted by Gasteiger charge is 2.20. The normalized spacial score (nSPS) is 11.8. The van der Waals surface area contributed by atoms with Crippen molar-refractivity contribution in [3.8, 4) is 0 Å². The molecular weight excluding hydrogens is 398 g/mol. The fraction of sp³-hybridized carbons (Fsp3) is 0.200. The van der Waals surface area contributed by atoms with Crippen LogP contribution in [0.15, 0.2) is 52.1 Å². The number of hydrogen-bond acceptors (Lipinski definition) is 5. The Kier molecular flexibility index (Phi) is 5.84. The first kappa shape index (κ1) is 20.3. The van der Waals surface area contributed by atoms with Gasteiger partial charge < -0.3 is 10.1 Å². The number of H-pyrrole nitrogens is 1. The number of nitrogens with one attached hydrogen (secondary N) is 2. The van der Waals surface area contributed by atoms with Crippen LogP contribution in [0.2, 0.25) is 5.02 Å². The average Bonchev–Trinajstić information content (AvgIpc) is 2.68. The number of amides is 1. The molecule has 0 radical (unpaired) electrons. The van der Waals surface area contributed by atoms with E-state index < -0.39 is 35.6 Å². The quantitative estimate of drug-likeness (QED) is 0.621. The van der Waals surface area contributed by atoms with Crippen LogP contribution in [-0.4, -0.2) is 27.8 Å². The first-order chi connectivity index (χ1) is 13.8. The summed E-state index contributed by atoms with van der Waals surface area (Å²) in [5, 5.41) is 5.84. The lowest BCUT2D eigenvalue weighted by atomic mass is 10.2. The SMILES string of the molecule is Cc1ccc(Cl)cc1NC(=O)C(C)OC(=O)Cn1[nH]c(=O)c2ccccc2c1=O. The van der Waals surface area contributed by atoms with Crippen LogP contribution in [0.1, 0.15) is 12.5 Å². The van der Waals surface area contributed by atoms with Gasteiger partial charge in [-0.2, -0.15) is 0 Å². The molecule has 1 aromatic heterocycles. The molecule has 1 atom stereocenters. The Bertz CT molecular complexity index is 1210. The fourth-order valence-electron chi connectivity index (χ4n) is 2.74. The van der Waals surface area contributed by atoms with Gasteiger partial charge in [-0.1, -0.05) is 29.8 Å². The smallest absolute Gasteiger partial charge is 0.328 e. The van der Waals surface area contributed by atoms with E-state index in [9.17, 15) is 19.2 Å². The number of nitrogens with zero attached hydrogens (tertiary/aromatic N) is 1. The van der Waals surface area contributed by atoms with Crippen LogP contribution >= 0.6 is 11.6 Å². The second kappa shape index (κ2) is 8.32. The molecule has 1 heterocycles. The van der Waals surface area contributed by atoms with Crippen molar-refractivity contribution in [1.29, 1.82) is 0 Å². The lowest BCUT2D eigenvalue weighted by Crippen LogP contribution is -2.36. The Labute approximate surface area is 170 Å². The monoisotopic (exact) mass is 415 g/mol. The molecule has 3 rings (SSSR count). The molecule has 29 heavy (non-hydrogen) atoms. The van der Waals surface area contributed by atoms with E-state index >= 15 is 0 Å². The van der Waals surface area contributed by atoms with E-state index in [4.69, 9.17) is 16.3 Å². The van der Waals surface area contributed by atoms with E-state index in [1.54, 1.807) is 37.3 Å². The van der Waals surface area contributed by atoms with Gasteiger partial charge in [0.1, 0.15) is 6.54 Å². The number of carbonyl (C=O) groups excluding carboxylic acids is 2. The number of ether oxygens (including phenoxy) is 1. The third-order valence-electron chi connectivity index (χ3n) is 4.31. The van der Waals surface area contributed by atoms with Crippen molar-refractivity contribution in [1.82, 2.24) is 9.78 Å². The number of halogens is 1. The summed E-state index contributed by atoms with van der Waals surface area (Å²) < 4.78 is 5.96. The van der Waals surface area contributed by atoms with Gasteiger partial charge in [0.15, 0.2) is 6.10 Å². The summed E-state index contributed by atoms with van der Waals surface area (Å²) >= 11 is 5.93. The standard InChI is InChI=1S/C20H18ClN3O5/c1-11-7-8-13(21)9-16(11)22-18(26)12(2)29-17(25)10-24-20(28)15-6-4-3-5-14(15)19(27)23-24/h3-9,12H,10H2,1-2H3,(H,22,26)(H,23,27). The van der Waals surface area contributed by atoms with Gasteiger partial charge >= 0.3 is 5.97 Å². The molecule has 0 saturated heterocycles. The fourth-order valence-corrected chi connectivity index (χ4v) is 2.91. The molecule has 0 bridgehead atoms. The van der Waals surface area contributed by atoms with Gasteiger partial charge in [0.2, 0.25) is 0 Å². The second-order valence-corrected chi connectivity index (χ2v) is 6.89. The summed E-state index contributed by atoms with van der Waals surface area (Å²) in [6.07, 6.45) is -1.12. The summed E-state index contributed by atoms with van der Waals surface area (Å²) in [6.45, 7) is 2.66. The zero-order chi connectivity index (χ0) is 21.1. The van der Waals surface area contributed by atoms with Gasteiger partial charge in [-0.3, -0.25) is 24.3 Å². The first-order valence-electron chi connectivity index (χ1n) is 8.74. The van der Waals surface area contributed by atoms with Crippen LogP contribution in [0.3, 0.4) is 0 Å². The third-order valence-corrected chi connectivity index (χ3v) is 4.54. The average molecular weight is 416 g/mol. The summed E-state index contributed by atoms with van der Waals surface area (Å²) in [5.41, 5.74) is 0.251. The predicted molar refractivity (Wildman–Crippen MR) is 109 cm³/mol. The maximum Gasteiger partial charge on any atom is 0.328 e. The summed E-state index contributed by atoms with van der Waals surface area (Å²) in [7, 11) is 0. The Morgan fingerprint density at radius 2 is 1.86 bits per heavy atom. The third kappa shape index (κ3) is 4.55. The van der Waals surface area contributed by atoms with E-state index in [2.05, 4.69) is 10.4 Å². The molecule has 0 spiro atoms. The van der Waals surface area contributed by atoms with Crippen molar-refractivity contribution in [3.05, 3.63) is 73.8 Å². The predicted octanol–water partition coefficient (Wildman–Crippen LogP) is 2.22. The second-order valence-electron chi connectivity index (χ2n) is 6.46. The number of aromatic nitrogens is 2. The minimum Gasteiger partial charge on any atom is -0.451 e. The van der Waals surface area contributed by atoms with Crippen molar-refractivity contribution < 1.29 is 14.3 Å². The first-order valence-corrected chi connectivity index (χ1v) is 9.12. The molecule has 0 aliphatic carbocycles. The summed E-state index contributed by atoms with van der Waals surface area (Å²) in [4.78, 5) is 49.0. The highest BCUT2D eigenvalue weighted by molar-refractivity contribution is 6.31. The largest absolute Gasteiger partial charge is 0.451 e. The minimum atomic E-state index is -1.12. The molecule has 3 aromatic rings. The number of anilines is 1. The molecule has 8 nitrogen and oxygen atoms in total. The Morgan fingerprint density at radius 1 is 1.17 bits per heavy atom. The van der Waals surface area contributed by atoms with Crippen LogP contribution in [0.5, 0.6) is 0 Å². The van der Waals surface area contributed by atoms with Crippen molar-refractivity contribution in [3.63, 3.8) is 0 Å². The van der Waals surface area contributed by atoms with Gasteiger partial charge in [-0.15, -0.1) is 0 Å². The Balaban J connectivity index is 1.70. The number of fused-ring (bicyclic) bond motifs is 1. The molecule has 2 N–H and O–H groups in total. The van der Waals surface area contributed by atoms with Gasteiger partial charge in [0.05, 0.1) is 10.8 Å². The lowest BCUT2D eigenvalue weighted by molar-refractivity contribution is -0.154. The number of rotatable bonds is 5. The molecule has 0 aliphatic heterocycles. The molecule has 2 aromatic carbocycles. The Hall–Kier alpha value is -3.39. The zero-order valence-electron chi connectivity index (χ0n) is 15.7. The number of aryl methyl sites for hydroxylation is 1. The highest BCUT2D eigenvalue weighted by Crippen LogP contribution is 2.20. The molecule has 1 amide bonds. The number of carbonyl (C=O) groups is 2. The van der Waals surface area contributed by atoms with Crippen LogP contribution in [-0.2, 0) is 20.9 Å². The molecule has 1 unspecified atom stereocenters. The van der Waals surface area contributed by atoms with Crippen LogP contribution < -0.4 is 16.4 Å². The van der Waals surface area contributed by atoms with Gasteiger partial charge in [0.25, 0.3) is 17.0 Å². The van der Waals surface area contributed by atoms with E-state index in [1.807, 2.05) is 0 Å². The van der Waals surface area contributed by atoms with Gasteiger partial charge in [-0.25, -0.2) is 4.68 Å². The number of benzene rings is 2. The molecule has 9 heteroatoms. The molecular formula is C20H18ClN3O5. The summed E-state index contributed by atoms with van der Waals surface area (Å²) in [5.74, 6) is -1.40. The topological polar surface area (TPSA) is 110 Å². The van der Waals surface area contributed by atoms with Crippen LogP contribution in [0, 0.1) is 6.92 Å². The molecule has 0 aliphatic rings. The van der Waals surface area contributed by atoms with Crippen molar-refractivity contribution in [2.45, 2.75) is 26.5 Å².